The Bertz CT molecular complexity index is 944. The number of rotatable bonds is 9. The van der Waals surface area contributed by atoms with Gasteiger partial charge in [0.15, 0.2) is 0 Å². The summed E-state index contributed by atoms with van der Waals surface area (Å²) < 4.78 is 0. The topological polar surface area (TPSA) is 42.0 Å². The molecule has 0 aliphatic carbocycles. The summed E-state index contributed by atoms with van der Waals surface area (Å²) in [5.41, 5.74) is 5.42. The Balaban J connectivity index is 1.55. The van der Waals surface area contributed by atoms with Gasteiger partial charge in [-0.15, -0.1) is 0 Å². The van der Waals surface area contributed by atoms with Crippen LogP contribution in [0.25, 0.3) is 17.3 Å². The predicted octanol–water partition coefficient (Wildman–Crippen LogP) is 6.37. The number of carbonyl (C=O) groups excluding carboxylic acids is 1. The van der Waals surface area contributed by atoms with Crippen LogP contribution in [-0.2, 0) is 11.2 Å². The average Bonchev–Trinajstić information content (AvgIpc) is 2.79. The molecular formula is C27H30N2O. The standard InChI is InChI=1S/C27H30N2O/c1-3-4-6-9-23-14-18-26(28-20-23)25-16-12-22(13-17-25)15-19-27(30)29-21(2)24-10-7-5-8-11-24/h5,7-8,10-21H,3-4,6,9H2,1-2H3,(H,29,30). The van der Waals surface area contributed by atoms with Gasteiger partial charge in [-0.25, -0.2) is 0 Å². The number of benzene rings is 2. The van der Waals surface area contributed by atoms with Crippen molar-refractivity contribution in [3.05, 3.63) is 95.7 Å². The Kier molecular flexibility index (Phi) is 7.96. The highest BCUT2D eigenvalue weighted by Gasteiger charge is 2.06. The molecule has 3 rings (SSSR count). The van der Waals surface area contributed by atoms with Crippen molar-refractivity contribution in [1.29, 1.82) is 0 Å². The summed E-state index contributed by atoms with van der Waals surface area (Å²) in [7, 11) is 0. The fourth-order valence-electron chi connectivity index (χ4n) is 3.35. The summed E-state index contributed by atoms with van der Waals surface area (Å²) in [4.78, 5) is 16.8. The molecule has 0 saturated heterocycles. The molecular weight excluding hydrogens is 368 g/mol. The van der Waals surface area contributed by atoms with Gasteiger partial charge in [-0.2, -0.15) is 0 Å². The highest BCUT2D eigenvalue weighted by Crippen LogP contribution is 2.19. The molecule has 1 atom stereocenters. The Morgan fingerprint density at radius 1 is 1.00 bits per heavy atom. The van der Waals surface area contributed by atoms with E-state index < -0.39 is 0 Å². The number of aromatic nitrogens is 1. The molecule has 2 aromatic carbocycles. The smallest absolute Gasteiger partial charge is 0.244 e. The first-order valence-electron chi connectivity index (χ1n) is 10.7. The lowest BCUT2D eigenvalue weighted by molar-refractivity contribution is -0.117. The molecule has 1 unspecified atom stereocenters. The zero-order chi connectivity index (χ0) is 21.2. The molecule has 0 aliphatic heterocycles. The molecule has 0 saturated carbocycles. The van der Waals surface area contributed by atoms with Crippen molar-refractivity contribution in [2.75, 3.05) is 0 Å². The van der Waals surface area contributed by atoms with Crippen molar-refractivity contribution in [3.63, 3.8) is 0 Å². The molecule has 0 fully saturated rings. The molecule has 0 bridgehead atoms. The minimum atomic E-state index is -0.101. The van der Waals surface area contributed by atoms with Gasteiger partial charge in [-0.1, -0.05) is 80.4 Å². The lowest BCUT2D eigenvalue weighted by Crippen LogP contribution is -2.24. The van der Waals surface area contributed by atoms with Crippen molar-refractivity contribution in [2.45, 2.75) is 45.6 Å². The summed E-state index contributed by atoms with van der Waals surface area (Å²) in [5.74, 6) is -0.101. The lowest BCUT2D eigenvalue weighted by atomic mass is 10.1. The lowest BCUT2D eigenvalue weighted by Gasteiger charge is -2.12. The molecule has 30 heavy (non-hydrogen) atoms. The van der Waals surface area contributed by atoms with Crippen molar-refractivity contribution < 1.29 is 4.79 Å². The van der Waals surface area contributed by atoms with Crippen molar-refractivity contribution in [2.24, 2.45) is 0 Å². The molecule has 1 heterocycles. The molecule has 3 nitrogen and oxygen atoms in total. The highest BCUT2D eigenvalue weighted by atomic mass is 16.1. The monoisotopic (exact) mass is 398 g/mol. The molecule has 1 aromatic heterocycles. The summed E-state index contributed by atoms with van der Waals surface area (Å²) in [6.07, 6.45) is 10.2. The molecule has 0 aliphatic rings. The van der Waals surface area contributed by atoms with Crippen LogP contribution in [0.3, 0.4) is 0 Å². The van der Waals surface area contributed by atoms with Gasteiger partial charge in [0.25, 0.3) is 0 Å². The van der Waals surface area contributed by atoms with Crippen LogP contribution >= 0.6 is 0 Å². The number of hydrogen-bond acceptors (Lipinski definition) is 2. The Morgan fingerprint density at radius 3 is 2.43 bits per heavy atom. The number of aryl methyl sites for hydroxylation is 1. The second-order valence-corrected chi connectivity index (χ2v) is 7.61. The van der Waals surface area contributed by atoms with Crippen molar-refractivity contribution in [1.82, 2.24) is 10.3 Å². The van der Waals surface area contributed by atoms with Gasteiger partial charge in [0.05, 0.1) is 11.7 Å². The number of unbranched alkanes of at least 4 members (excludes halogenated alkanes) is 2. The van der Waals surface area contributed by atoms with E-state index >= 15 is 0 Å². The summed E-state index contributed by atoms with van der Waals surface area (Å²) >= 11 is 0. The average molecular weight is 399 g/mol. The predicted molar refractivity (Wildman–Crippen MR) is 125 cm³/mol. The van der Waals surface area contributed by atoms with Crippen LogP contribution in [0.15, 0.2) is 79.0 Å². The molecule has 0 radical (unpaired) electrons. The fourth-order valence-corrected chi connectivity index (χ4v) is 3.35. The number of nitrogens with zero attached hydrogens (tertiary/aromatic N) is 1. The van der Waals surface area contributed by atoms with Gasteiger partial charge in [0.2, 0.25) is 5.91 Å². The third kappa shape index (κ3) is 6.41. The van der Waals surface area contributed by atoms with E-state index in [4.69, 9.17) is 0 Å². The second kappa shape index (κ2) is 11.1. The van der Waals surface area contributed by atoms with E-state index in [1.807, 2.05) is 73.8 Å². The number of pyridine rings is 1. The highest BCUT2D eigenvalue weighted by molar-refractivity contribution is 5.92. The minimum absolute atomic E-state index is 0.0262. The first kappa shape index (κ1) is 21.5. The number of nitrogens with one attached hydrogen (secondary N) is 1. The first-order valence-corrected chi connectivity index (χ1v) is 10.7. The van der Waals surface area contributed by atoms with Gasteiger partial charge in [0.1, 0.15) is 0 Å². The van der Waals surface area contributed by atoms with Crippen LogP contribution in [0.2, 0.25) is 0 Å². The van der Waals surface area contributed by atoms with Gasteiger partial charge in [-0.05, 0) is 48.6 Å². The molecule has 0 spiro atoms. The second-order valence-electron chi connectivity index (χ2n) is 7.61. The van der Waals surface area contributed by atoms with E-state index in [-0.39, 0.29) is 11.9 Å². The Hall–Kier alpha value is -3.20. The third-order valence-corrected chi connectivity index (χ3v) is 5.19. The van der Waals surface area contributed by atoms with Gasteiger partial charge < -0.3 is 5.32 Å². The van der Waals surface area contributed by atoms with E-state index in [0.717, 1.165) is 28.8 Å². The van der Waals surface area contributed by atoms with Crippen molar-refractivity contribution >= 4 is 12.0 Å². The fraction of sp³-hybridized carbons (Fsp3) is 0.259. The van der Waals surface area contributed by atoms with Gasteiger partial charge in [0, 0.05) is 17.8 Å². The van der Waals surface area contributed by atoms with Crippen LogP contribution < -0.4 is 5.32 Å². The molecule has 1 amide bonds. The Morgan fingerprint density at radius 2 is 1.77 bits per heavy atom. The van der Waals surface area contributed by atoms with E-state index in [0.29, 0.717) is 0 Å². The maximum Gasteiger partial charge on any atom is 0.244 e. The van der Waals surface area contributed by atoms with E-state index in [1.165, 1.54) is 24.8 Å². The maximum atomic E-state index is 12.2. The molecule has 154 valence electrons. The van der Waals surface area contributed by atoms with Gasteiger partial charge in [-0.3, -0.25) is 9.78 Å². The Labute approximate surface area is 179 Å². The van der Waals surface area contributed by atoms with E-state index in [2.05, 4.69) is 29.4 Å². The largest absolute Gasteiger partial charge is 0.346 e. The van der Waals surface area contributed by atoms with Gasteiger partial charge >= 0.3 is 0 Å². The van der Waals surface area contributed by atoms with E-state index in [9.17, 15) is 4.79 Å². The zero-order valence-corrected chi connectivity index (χ0v) is 17.8. The number of amides is 1. The zero-order valence-electron chi connectivity index (χ0n) is 17.8. The van der Waals surface area contributed by atoms with Crippen LogP contribution in [0.5, 0.6) is 0 Å². The molecule has 1 N–H and O–H groups in total. The van der Waals surface area contributed by atoms with Crippen LogP contribution in [0.4, 0.5) is 0 Å². The molecule has 3 aromatic rings. The molecule has 3 heteroatoms. The van der Waals surface area contributed by atoms with Crippen LogP contribution in [-0.4, -0.2) is 10.9 Å². The SMILES string of the molecule is CCCCCc1ccc(-c2ccc(C=CC(=O)NC(C)c3ccccc3)cc2)nc1. The summed E-state index contributed by atoms with van der Waals surface area (Å²) in [6.45, 7) is 4.20. The van der Waals surface area contributed by atoms with Crippen LogP contribution in [0.1, 0.15) is 55.8 Å². The van der Waals surface area contributed by atoms with E-state index in [1.54, 1.807) is 6.08 Å². The minimum Gasteiger partial charge on any atom is -0.346 e. The first-order chi connectivity index (χ1) is 14.7. The van der Waals surface area contributed by atoms with Crippen LogP contribution in [0, 0.1) is 0 Å². The normalized spacial score (nSPS) is 12.1. The quantitative estimate of drug-likeness (QED) is 0.336. The maximum absolute atomic E-state index is 12.2. The van der Waals surface area contributed by atoms with Crippen molar-refractivity contribution in [3.8, 4) is 11.3 Å². The third-order valence-electron chi connectivity index (χ3n) is 5.19. The summed E-state index contributed by atoms with van der Waals surface area (Å²) in [5, 5.41) is 2.99. The summed E-state index contributed by atoms with van der Waals surface area (Å²) in [6, 6.07) is 22.3. The number of hydrogen-bond donors (Lipinski definition) is 1. The number of carbonyl (C=O) groups is 1.